The first-order valence-corrected chi connectivity index (χ1v) is 6.45. The number of benzene rings is 1. The molecule has 1 rings (SSSR count). The van der Waals surface area contributed by atoms with E-state index in [1.54, 1.807) is 12.1 Å². The predicted octanol–water partition coefficient (Wildman–Crippen LogP) is 3.40. The van der Waals surface area contributed by atoms with E-state index in [0.717, 1.165) is 31.4 Å². The quantitative estimate of drug-likeness (QED) is 0.804. The molecule has 0 aliphatic carbocycles. The van der Waals surface area contributed by atoms with Crippen molar-refractivity contribution >= 4 is 0 Å². The molecule has 0 saturated carbocycles. The summed E-state index contributed by atoms with van der Waals surface area (Å²) in [6.07, 6.45) is 3.08. The van der Waals surface area contributed by atoms with Crippen LogP contribution < -0.4 is 10.1 Å². The van der Waals surface area contributed by atoms with Crippen molar-refractivity contribution in [3.8, 4) is 5.75 Å². The van der Waals surface area contributed by atoms with Gasteiger partial charge in [-0.25, -0.2) is 4.39 Å². The van der Waals surface area contributed by atoms with Gasteiger partial charge in [0.25, 0.3) is 0 Å². The largest absolute Gasteiger partial charge is 0.494 e. The Morgan fingerprint density at radius 1 is 1.28 bits per heavy atom. The van der Waals surface area contributed by atoms with Crippen LogP contribution in [0.5, 0.6) is 5.75 Å². The maximum absolute atomic E-state index is 13.5. The van der Waals surface area contributed by atoms with Gasteiger partial charge in [-0.1, -0.05) is 19.9 Å². The van der Waals surface area contributed by atoms with Crippen molar-refractivity contribution in [3.63, 3.8) is 0 Å². The Morgan fingerprint density at radius 2 is 2.00 bits per heavy atom. The SMILES string of the molecule is CNCCC(C)(C)CCc1ccc(OC)c(F)c1. The molecule has 0 bridgehead atoms. The van der Waals surface area contributed by atoms with E-state index in [4.69, 9.17) is 4.74 Å². The summed E-state index contributed by atoms with van der Waals surface area (Å²) in [6, 6.07) is 5.22. The van der Waals surface area contributed by atoms with Crippen LogP contribution in [0.2, 0.25) is 0 Å². The summed E-state index contributed by atoms with van der Waals surface area (Å²) in [4.78, 5) is 0. The van der Waals surface area contributed by atoms with Crippen LogP contribution in [0, 0.1) is 11.2 Å². The van der Waals surface area contributed by atoms with Gasteiger partial charge in [-0.3, -0.25) is 0 Å². The molecule has 0 aliphatic rings. The summed E-state index contributed by atoms with van der Waals surface area (Å²) in [6.45, 7) is 5.53. The third-order valence-electron chi connectivity index (χ3n) is 3.36. The number of ether oxygens (including phenoxy) is 1. The molecule has 0 aromatic heterocycles. The highest BCUT2D eigenvalue weighted by atomic mass is 19.1. The molecule has 0 fully saturated rings. The van der Waals surface area contributed by atoms with Crippen LogP contribution in [0.25, 0.3) is 0 Å². The highest BCUT2D eigenvalue weighted by molar-refractivity contribution is 5.29. The number of nitrogens with one attached hydrogen (secondary N) is 1. The summed E-state index contributed by atoms with van der Waals surface area (Å²) >= 11 is 0. The van der Waals surface area contributed by atoms with Crippen molar-refractivity contribution in [1.82, 2.24) is 5.32 Å². The fourth-order valence-corrected chi connectivity index (χ4v) is 1.94. The summed E-state index contributed by atoms with van der Waals surface area (Å²) in [5, 5.41) is 3.17. The van der Waals surface area contributed by atoms with Crippen molar-refractivity contribution in [2.75, 3.05) is 20.7 Å². The Kier molecular flexibility index (Phi) is 5.60. The lowest BCUT2D eigenvalue weighted by Crippen LogP contribution is -2.20. The first-order chi connectivity index (χ1) is 8.48. The number of hydrogen-bond donors (Lipinski definition) is 1. The summed E-state index contributed by atoms with van der Waals surface area (Å²) < 4.78 is 18.5. The topological polar surface area (TPSA) is 21.3 Å². The van der Waals surface area contributed by atoms with E-state index in [-0.39, 0.29) is 11.2 Å². The van der Waals surface area contributed by atoms with E-state index in [1.807, 2.05) is 13.1 Å². The lowest BCUT2D eigenvalue weighted by atomic mass is 9.83. The fourth-order valence-electron chi connectivity index (χ4n) is 1.94. The number of methoxy groups -OCH3 is 1. The molecule has 1 aromatic carbocycles. The summed E-state index contributed by atoms with van der Waals surface area (Å²) in [7, 11) is 3.45. The fraction of sp³-hybridized carbons (Fsp3) is 0.600. The van der Waals surface area contributed by atoms with E-state index in [1.165, 1.54) is 7.11 Å². The van der Waals surface area contributed by atoms with E-state index in [9.17, 15) is 4.39 Å². The van der Waals surface area contributed by atoms with Crippen LogP contribution in [-0.2, 0) is 6.42 Å². The van der Waals surface area contributed by atoms with Crippen LogP contribution in [0.4, 0.5) is 4.39 Å². The van der Waals surface area contributed by atoms with Gasteiger partial charge < -0.3 is 10.1 Å². The predicted molar refractivity (Wildman–Crippen MR) is 73.6 cm³/mol. The van der Waals surface area contributed by atoms with Crippen LogP contribution in [0.1, 0.15) is 32.3 Å². The van der Waals surface area contributed by atoms with Gasteiger partial charge in [0, 0.05) is 0 Å². The number of halogens is 1. The molecule has 0 aliphatic heterocycles. The second kappa shape index (κ2) is 6.74. The highest BCUT2D eigenvalue weighted by Crippen LogP contribution is 2.27. The van der Waals surface area contributed by atoms with Crippen molar-refractivity contribution < 1.29 is 9.13 Å². The summed E-state index contributed by atoms with van der Waals surface area (Å²) in [5.41, 5.74) is 1.31. The molecule has 3 heteroatoms. The third kappa shape index (κ3) is 4.65. The van der Waals surface area contributed by atoms with Gasteiger partial charge in [0.1, 0.15) is 0 Å². The molecule has 102 valence electrons. The van der Waals surface area contributed by atoms with Crippen LogP contribution in [0.15, 0.2) is 18.2 Å². The maximum Gasteiger partial charge on any atom is 0.165 e. The van der Waals surface area contributed by atoms with Gasteiger partial charge in [0.05, 0.1) is 7.11 Å². The minimum atomic E-state index is -0.275. The minimum absolute atomic E-state index is 0.275. The van der Waals surface area contributed by atoms with Gasteiger partial charge in [-0.05, 0) is 56.0 Å². The van der Waals surface area contributed by atoms with Gasteiger partial charge >= 0.3 is 0 Å². The molecule has 0 radical (unpaired) electrons. The third-order valence-corrected chi connectivity index (χ3v) is 3.36. The molecular weight excluding hydrogens is 229 g/mol. The first-order valence-electron chi connectivity index (χ1n) is 6.45. The van der Waals surface area contributed by atoms with Gasteiger partial charge in [0.2, 0.25) is 0 Å². The zero-order valence-corrected chi connectivity index (χ0v) is 11.8. The molecule has 1 aromatic rings. The Hall–Kier alpha value is -1.09. The lowest BCUT2D eigenvalue weighted by Gasteiger charge is -2.24. The van der Waals surface area contributed by atoms with Crippen LogP contribution >= 0.6 is 0 Å². The molecule has 2 nitrogen and oxygen atoms in total. The number of aryl methyl sites for hydroxylation is 1. The van der Waals surface area contributed by atoms with E-state index in [0.29, 0.717) is 5.75 Å². The molecular formula is C15H24FNO. The molecule has 0 heterocycles. The van der Waals surface area contributed by atoms with Crippen molar-refractivity contribution in [3.05, 3.63) is 29.6 Å². The Morgan fingerprint density at radius 3 is 2.56 bits per heavy atom. The standard InChI is InChI=1S/C15H24FNO/c1-15(2,9-10-17-3)8-7-12-5-6-14(18-4)13(16)11-12/h5-6,11,17H,7-10H2,1-4H3. The number of hydrogen-bond acceptors (Lipinski definition) is 2. The van der Waals surface area contributed by atoms with Gasteiger partial charge in [0.15, 0.2) is 11.6 Å². The first kappa shape index (κ1) is 15.0. The normalized spacial score (nSPS) is 11.6. The average Bonchev–Trinajstić information content (AvgIpc) is 2.34. The molecule has 0 spiro atoms. The van der Waals surface area contributed by atoms with Gasteiger partial charge in [-0.15, -0.1) is 0 Å². The van der Waals surface area contributed by atoms with E-state index < -0.39 is 0 Å². The lowest BCUT2D eigenvalue weighted by molar-refractivity contribution is 0.305. The Bertz CT molecular complexity index is 377. The monoisotopic (exact) mass is 253 g/mol. The second-order valence-electron chi connectivity index (χ2n) is 5.49. The molecule has 0 atom stereocenters. The molecule has 0 unspecified atom stereocenters. The van der Waals surface area contributed by atoms with E-state index in [2.05, 4.69) is 19.2 Å². The number of rotatable bonds is 7. The molecule has 1 N–H and O–H groups in total. The molecule has 18 heavy (non-hydrogen) atoms. The summed E-state index contributed by atoms with van der Waals surface area (Å²) in [5.74, 6) is 0.0382. The molecule has 0 amide bonds. The van der Waals surface area contributed by atoms with Gasteiger partial charge in [-0.2, -0.15) is 0 Å². The van der Waals surface area contributed by atoms with Crippen LogP contribution in [0.3, 0.4) is 0 Å². The molecule has 0 saturated heterocycles. The van der Waals surface area contributed by atoms with Crippen molar-refractivity contribution in [1.29, 1.82) is 0 Å². The zero-order valence-electron chi connectivity index (χ0n) is 11.8. The highest BCUT2D eigenvalue weighted by Gasteiger charge is 2.17. The second-order valence-corrected chi connectivity index (χ2v) is 5.49. The van der Waals surface area contributed by atoms with E-state index >= 15 is 0 Å². The van der Waals surface area contributed by atoms with Crippen LogP contribution in [-0.4, -0.2) is 20.7 Å². The van der Waals surface area contributed by atoms with Crippen molar-refractivity contribution in [2.24, 2.45) is 5.41 Å². The van der Waals surface area contributed by atoms with Crippen molar-refractivity contribution in [2.45, 2.75) is 33.1 Å². The average molecular weight is 253 g/mol. The zero-order chi connectivity index (χ0) is 13.6. The smallest absolute Gasteiger partial charge is 0.165 e. The Balaban J connectivity index is 2.55. The minimum Gasteiger partial charge on any atom is -0.494 e. The Labute approximate surface area is 110 Å². The maximum atomic E-state index is 13.5.